The third-order valence-corrected chi connectivity index (χ3v) is 3.55. The van der Waals surface area contributed by atoms with E-state index in [-0.39, 0.29) is 17.7 Å². The molecule has 0 aliphatic carbocycles. The third-order valence-electron chi connectivity index (χ3n) is 3.55. The van der Waals surface area contributed by atoms with Crippen molar-refractivity contribution in [3.05, 3.63) is 29.3 Å². The number of hydrogen-bond donors (Lipinski definition) is 2. The van der Waals surface area contributed by atoms with E-state index in [0.717, 1.165) is 12.0 Å². The van der Waals surface area contributed by atoms with Crippen LogP contribution >= 0.6 is 0 Å². The SMILES string of the molecule is CCC(CN)CC(=O)Nc1cc(C(=O)N(C)C)ccc1C. The Morgan fingerprint density at radius 2 is 2.00 bits per heavy atom. The molecule has 0 spiro atoms. The van der Waals surface area contributed by atoms with E-state index < -0.39 is 0 Å². The molecule has 1 rings (SSSR count). The molecule has 0 radical (unpaired) electrons. The van der Waals surface area contributed by atoms with Crippen LogP contribution in [-0.2, 0) is 4.79 Å². The van der Waals surface area contributed by atoms with Gasteiger partial charge in [0.05, 0.1) is 0 Å². The average molecular weight is 291 g/mol. The van der Waals surface area contributed by atoms with Crippen molar-refractivity contribution in [1.29, 1.82) is 0 Å². The molecule has 21 heavy (non-hydrogen) atoms. The first-order valence-corrected chi connectivity index (χ1v) is 7.21. The van der Waals surface area contributed by atoms with Crippen molar-refractivity contribution in [1.82, 2.24) is 4.90 Å². The number of rotatable bonds is 6. The highest BCUT2D eigenvalue weighted by Crippen LogP contribution is 2.19. The minimum absolute atomic E-state index is 0.0650. The van der Waals surface area contributed by atoms with E-state index in [2.05, 4.69) is 5.32 Å². The molecule has 0 aromatic heterocycles. The molecule has 5 nitrogen and oxygen atoms in total. The Hall–Kier alpha value is -1.88. The van der Waals surface area contributed by atoms with Gasteiger partial charge in [-0.25, -0.2) is 0 Å². The summed E-state index contributed by atoms with van der Waals surface area (Å²) < 4.78 is 0. The first-order valence-electron chi connectivity index (χ1n) is 7.21. The smallest absolute Gasteiger partial charge is 0.253 e. The van der Waals surface area contributed by atoms with E-state index in [0.29, 0.717) is 24.2 Å². The number of nitrogens with one attached hydrogen (secondary N) is 1. The molecule has 0 fully saturated rings. The zero-order valence-corrected chi connectivity index (χ0v) is 13.3. The fourth-order valence-corrected chi connectivity index (χ4v) is 2.01. The topological polar surface area (TPSA) is 75.4 Å². The van der Waals surface area contributed by atoms with Crippen LogP contribution in [0.5, 0.6) is 0 Å². The summed E-state index contributed by atoms with van der Waals surface area (Å²) in [6.07, 6.45) is 1.28. The van der Waals surface area contributed by atoms with Crippen LogP contribution in [0, 0.1) is 12.8 Å². The first kappa shape index (κ1) is 17.2. The van der Waals surface area contributed by atoms with Crippen molar-refractivity contribution >= 4 is 17.5 Å². The highest BCUT2D eigenvalue weighted by Gasteiger charge is 2.14. The average Bonchev–Trinajstić information content (AvgIpc) is 2.46. The zero-order valence-electron chi connectivity index (χ0n) is 13.3. The number of amides is 2. The molecule has 0 aliphatic heterocycles. The molecule has 2 amide bonds. The van der Waals surface area contributed by atoms with E-state index in [1.807, 2.05) is 19.9 Å². The predicted octanol–water partition coefficient (Wildman–Crippen LogP) is 2.01. The Labute approximate surface area is 126 Å². The molecule has 0 aliphatic rings. The van der Waals surface area contributed by atoms with Crippen LogP contribution in [0.15, 0.2) is 18.2 Å². The van der Waals surface area contributed by atoms with Crippen LogP contribution in [0.4, 0.5) is 5.69 Å². The van der Waals surface area contributed by atoms with E-state index >= 15 is 0 Å². The second kappa shape index (κ2) is 7.78. The van der Waals surface area contributed by atoms with Gasteiger partial charge < -0.3 is 16.0 Å². The Bertz CT molecular complexity index is 508. The molecule has 0 bridgehead atoms. The normalized spacial score (nSPS) is 11.9. The van der Waals surface area contributed by atoms with E-state index in [1.165, 1.54) is 4.90 Å². The molecule has 3 N–H and O–H groups in total. The highest BCUT2D eigenvalue weighted by atomic mass is 16.2. The van der Waals surface area contributed by atoms with E-state index in [1.54, 1.807) is 26.2 Å². The Morgan fingerprint density at radius 3 is 2.52 bits per heavy atom. The van der Waals surface area contributed by atoms with E-state index in [9.17, 15) is 9.59 Å². The maximum absolute atomic E-state index is 12.0. The van der Waals surface area contributed by atoms with Gasteiger partial charge in [-0.15, -0.1) is 0 Å². The Morgan fingerprint density at radius 1 is 1.33 bits per heavy atom. The summed E-state index contributed by atoms with van der Waals surface area (Å²) in [6.45, 7) is 4.42. The number of aryl methyl sites for hydroxylation is 1. The molecule has 5 heteroatoms. The first-order chi connectivity index (χ1) is 9.88. The quantitative estimate of drug-likeness (QED) is 0.842. The standard InChI is InChI=1S/C16H25N3O2/c1-5-12(10-17)8-15(20)18-14-9-13(7-6-11(14)2)16(21)19(3)4/h6-7,9,12H,5,8,10,17H2,1-4H3,(H,18,20). The summed E-state index contributed by atoms with van der Waals surface area (Å²) in [5, 5.41) is 2.88. The molecule has 0 saturated carbocycles. The van der Waals surface area contributed by atoms with Gasteiger partial charge >= 0.3 is 0 Å². The summed E-state index contributed by atoms with van der Waals surface area (Å²) in [7, 11) is 3.40. The second-order valence-electron chi connectivity index (χ2n) is 5.49. The molecule has 0 heterocycles. The number of nitrogens with two attached hydrogens (primary N) is 1. The van der Waals surface area contributed by atoms with Crippen molar-refractivity contribution in [2.75, 3.05) is 26.0 Å². The highest BCUT2D eigenvalue weighted by molar-refractivity contribution is 5.97. The van der Waals surface area contributed by atoms with Crippen LogP contribution in [0.3, 0.4) is 0 Å². The fraction of sp³-hybridized carbons (Fsp3) is 0.500. The van der Waals surface area contributed by atoms with Gasteiger partial charge in [0.15, 0.2) is 0 Å². The number of benzene rings is 1. The van der Waals surface area contributed by atoms with Gasteiger partial charge in [0, 0.05) is 31.8 Å². The molecule has 116 valence electrons. The second-order valence-corrected chi connectivity index (χ2v) is 5.49. The lowest BCUT2D eigenvalue weighted by molar-refractivity contribution is -0.117. The lowest BCUT2D eigenvalue weighted by atomic mass is 10.0. The van der Waals surface area contributed by atoms with Gasteiger partial charge in [0.1, 0.15) is 0 Å². The van der Waals surface area contributed by atoms with Crippen molar-refractivity contribution in [2.45, 2.75) is 26.7 Å². The minimum atomic E-state index is -0.0844. The summed E-state index contributed by atoms with van der Waals surface area (Å²) >= 11 is 0. The summed E-state index contributed by atoms with van der Waals surface area (Å²) in [5.74, 6) is 0.0423. The van der Waals surface area contributed by atoms with Gasteiger partial charge in [-0.3, -0.25) is 9.59 Å². The maximum Gasteiger partial charge on any atom is 0.253 e. The molecule has 1 unspecified atom stereocenters. The van der Waals surface area contributed by atoms with Gasteiger partial charge in [-0.1, -0.05) is 19.4 Å². The largest absolute Gasteiger partial charge is 0.345 e. The number of carbonyl (C=O) groups is 2. The lowest BCUT2D eigenvalue weighted by Gasteiger charge is -2.15. The van der Waals surface area contributed by atoms with E-state index in [4.69, 9.17) is 5.73 Å². The van der Waals surface area contributed by atoms with Crippen LogP contribution < -0.4 is 11.1 Å². The van der Waals surface area contributed by atoms with Gasteiger partial charge in [0.2, 0.25) is 5.91 Å². The monoisotopic (exact) mass is 291 g/mol. The van der Waals surface area contributed by atoms with Crippen LogP contribution in [0.2, 0.25) is 0 Å². The molecular formula is C16H25N3O2. The van der Waals surface area contributed by atoms with Crippen molar-refractivity contribution in [3.63, 3.8) is 0 Å². The maximum atomic E-state index is 12.0. The summed E-state index contributed by atoms with van der Waals surface area (Å²) in [6, 6.07) is 5.33. The number of anilines is 1. The minimum Gasteiger partial charge on any atom is -0.345 e. The number of carbonyl (C=O) groups excluding carboxylic acids is 2. The molecular weight excluding hydrogens is 266 g/mol. The van der Waals surface area contributed by atoms with Crippen LogP contribution in [0.1, 0.15) is 35.7 Å². The summed E-state index contributed by atoms with van der Waals surface area (Å²) in [4.78, 5) is 25.5. The molecule has 0 saturated heterocycles. The number of hydrogen-bond acceptors (Lipinski definition) is 3. The van der Waals surface area contributed by atoms with Crippen molar-refractivity contribution < 1.29 is 9.59 Å². The molecule has 1 aromatic carbocycles. The lowest BCUT2D eigenvalue weighted by Crippen LogP contribution is -2.23. The van der Waals surface area contributed by atoms with Gasteiger partial charge in [-0.05, 0) is 37.1 Å². The van der Waals surface area contributed by atoms with Gasteiger partial charge in [0.25, 0.3) is 5.91 Å². The van der Waals surface area contributed by atoms with Crippen LogP contribution in [0.25, 0.3) is 0 Å². The third kappa shape index (κ3) is 4.86. The van der Waals surface area contributed by atoms with Crippen molar-refractivity contribution in [2.24, 2.45) is 11.7 Å². The van der Waals surface area contributed by atoms with Crippen molar-refractivity contribution in [3.8, 4) is 0 Å². The fourth-order valence-electron chi connectivity index (χ4n) is 2.01. The molecule has 1 aromatic rings. The Kier molecular flexibility index (Phi) is 6.37. The Balaban J connectivity index is 2.85. The summed E-state index contributed by atoms with van der Waals surface area (Å²) in [5.41, 5.74) is 7.79. The molecule has 1 atom stereocenters. The van der Waals surface area contributed by atoms with Crippen LogP contribution in [-0.4, -0.2) is 37.4 Å². The van der Waals surface area contributed by atoms with Gasteiger partial charge in [-0.2, -0.15) is 0 Å². The number of nitrogens with zero attached hydrogens (tertiary/aromatic N) is 1. The zero-order chi connectivity index (χ0) is 16.0. The predicted molar refractivity (Wildman–Crippen MR) is 85.3 cm³/mol.